The molecule has 0 radical (unpaired) electrons. The number of ether oxygens (including phenoxy) is 1. The van der Waals surface area contributed by atoms with E-state index in [0.717, 1.165) is 25.1 Å². The summed E-state index contributed by atoms with van der Waals surface area (Å²) in [5.74, 6) is -0.387. The molecule has 0 bridgehead atoms. The van der Waals surface area contributed by atoms with Crippen molar-refractivity contribution in [2.24, 2.45) is 0 Å². The smallest absolute Gasteiger partial charge is 0.142 e. The predicted octanol–water partition coefficient (Wildman–Crippen LogP) is 2.36. The van der Waals surface area contributed by atoms with Gasteiger partial charge < -0.3 is 10.1 Å². The highest BCUT2D eigenvalue weighted by Crippen LogP contribution is 2.17. The monoisotopic (exact) mass is 229 g/mol. The molecule has 4 heteroatoms. The molecule has 2 rings (SSSR count). The molecule has 1 atom stereocenters. The van der Waals surface area contributed by atoms with Crippen molar-refractivity contribution >= 4 is 11.6 Å². The van der Waals surface area contributed by atoms with Crippen molar-refractivity contribution in [1.29, 1.82) is 0 Å². The largest absolute Gasteiger partial charge is 0.372 e. The Morgan fingerprint density at radius 3 is 3.07 bits per heavy atom. The van der Waals surface area contributed by atoms with Crippen LogP contribution in [0.2, 0.25) is 5.02 Å². The molecule has 0 aliphatic carbocycles. The summed E-state index contributed by atoms with van der Waals surface area (Å²) in [7, 11) is 0. The number of benzene rings is 1. The molecule has 0 amide bonds. The second kappa shape index (κ2) is 4.92. The number of nitrogens with one attached hydrogen (secondary N) is 1. The highest BCUT2D eigenvalue weighted by Gasteiger charge is 2.14. The molecule has 0 saturated carbocycles. The fraction of sp³-hybridized carbons (Fsp3) is 0.455. The average Bonchev–Trinajstić information content (AvgIpc) is 2.73. The third-order valence-electron chi connectivity index (χ3n) is 2.48. The van der Waals surface area contributed by atoms with E-state index in [4.69, 9.17) is 16.3 Å². The second-order valence-corrected chi connectivity index (χ2v) is 4.08. The molecule has 0 aromatic heterocycles. The van der Waals surface area contributed by atoms with E-state index < -0.39 is 0 Å². The Labute approximate surface area is 93.4 Å². The summed E-state index contributed by atoms with van der Waals surface area (Å²) in [6, 6.07) is 4.76. The maximum Gasteiger partial charge on any atom is 0.142 e. The second-order valence-electron chi connectivity index (χ2n) is 3.67. The van der Waals surface area contributed by atoms with Crippen molar-refractivity contribution in [1.82, 2.24) is 5.32 Å². The minimum Gasteiger partial charge on any atom is -0.372 e. The van der Waals surface area contributed by atoms with Gasteiger partial charge in [0, 0.05) is 6.54 Å². The molecule has 1 heterocycles. The summed E-state index contributed by atoms with van der Waals surface area (Å²) >= 11 is 5.58. The van der Waals surface area contributed by atoms with Crippen LogP contribution in [0, 0.1) is 5.82 Å². The summed E-state index contributed by atoms with van der Waals surface area (Å²) in [4.78, 5) is 0. The lowest BCUT2D eigenvalue weighted by Gasteiger charge is -2.10. The maximum atomic E-state index is 13.1. The minimum absolute atomic E-state index is 0.154. The molecule has 82 valence electrons. The Bertz CT molecular complexity index is 339. The molecule has 1 aromatic carbocycles. The quantitative estimate of drug-likeness (QED) is 0.859. The Morgan fingerprint density at radius 2 is 2.40 bits per heavy atom. The van der Waals surface area contributed by atoms with Gasteiger partial charge in [-0.1, -0.05) is 17.7 Å². The fourth-order valence-electron chi connectivity index (χ4n) is 1.61. The highest BCUT2D eigenvalue weighted by molar-refractivity contribution is 6.30. The van der Waals surface area contributed by atoms with Crippen LogP contribution in [-0.4, -0.2) is 19.2 Å². The van der Waals surface area contributed by atoms with Gasteiger partial charge >= 0.3 is 0 Å². The molecule has 1 aromatic rings. The summed E-state index contributed by atoms with van der Waals surface area (Å²) in [5.41, 5.74) is 0.823. The Morgan fingerprint density at radius 1 is 1.53 bits per heavy atom. The van der Waals surface area contributed by atoms with Crippen LogP contribution in [0.5, 0.6) is 0 Å². The van der Waals surface area contributed by atoms with E-state index in [0.29, 0.717) is 6.61 Å². The minimum atomic E-state index is -0.387. The first kappa shape index (κ1) is 10.9. The van der Waals surface area contributed by atoms with Crippen LogP contribution in [0.3, 0.4) is 0 Å². The van der Waals surface area contributed by atoms with E-state index >= 15 is 0 Å². The predicted molar refractivity (Wildman–Crippen MR) is 57.5 cm³/mol. The van der Waals surface area contributed by atoms with Gasteiger partial charge in [-0.3, -0.25) is 0 Å². The first-order chi connectivity index (χ1) is 7.25. The Kier molecular flexibility index (Phi) is 3.57. The zero-order valence-corrected chi connectivity index (χ0v) is 9.06. The summed E-state index contributed by atoms with van der Waals surface area (Å²) in [5, 5.41) is 3.36. The lowest BCUT2D eigenvalue weighted by Crippen LogP contribution is -2.16. The van der Waals surface area contributed by atoms with E-state index in [1.807, 2.05) is 0 Å². The van der Waals surface area contributed by atoms with Crippen LogP contribution in [0.25, 0.3) is 0 Å². The molecule has 15 heavy (non-hydrogen) atoms. The van der Waals surface area contributed by atoms with Gasteiger partial charge in [0.2, 0.25) is 0 Å². The van der Waals surface area contributed by atoms with Gasteiger partial charge in [-0.05, 0) is 30.7 Å². The van der Waals surface area contributed by atoms with Crippen LogP contribution >= 0.6 is 11.6 Å². The fourth-order valence-corrected chi connectivity index (χ4v) is 1.73. The number of rotatable bonds is 3. The summed E-state index contributed by atoms with van der Waals surface area (Å²) in [6.45, 7) is 2.33. The van der Waals surface area contributed by atoms with Crippen molar-refractivity contribution in [3.8, 4) is 0 Å². The van der Waals surface area contributed by atoms with Gasteiger partial charge in [0.25, 0.3) is 0 Å². The molecule has 1 fully saturated rings. The molecule has 1 N–H and O–H groups in total. The molecule has 0 spiro atoms. The van der Waals surface area contributed by atoms with E-state index in [2.05, 4.69) is 5.32 Å². The first-order valence-electron chi connectivity index (χ1n) is 5.02. The Hall–Kier alpha value is -0.640. The molecule has 1 unspecified atom stereocenters. The van der Waals surface area contributed by atoms with E-state index in [1.54, 1.807) is 12.1 Å². The molecular weight excluding hydrogens is 217 g/mol. The summed E-state index contributed by atoms with van der Waals surface area (Å²) in [6.07, 6.45) is 1.28. The van der Waals surface area contributed by atoms with Crippen molar-refractivity contribution in [2.45, 2.75) is 19.1 Å². The van der Waals surface area contributed by atoms with Crippen LogP contribution in [-0.2, 0) is 11.3 Å². The van der Waals surface area contributed by atoms with Gasteiger partial charge in [-0.15, -0.1) is 0 Å². The topological polar surface area (TPSA) is 21.3 Å². The average molecular weight is 230 g/mol. The zero-order valence-electron chi connectivity index (χ0n) is 8.30. The van der Waals surface area contributed by atoms with Gasteiger partial charge in [0.05, 0.1) is 17.7 Å². The van der Waals surface area contributed by atoms with E-state index in [9.17, 15) is 4.39 Å². The molecule has 2 nitrogen and oxygen atoms in total. The highest BCUT2D eigenvalue weighted by atomic mass is 35.5. The van der Waals surface area contributed by atoms with Gasteiger partial charge in [0.15, 0.2) is 0 Å². The molecule has 1 aliphatic heterocycles. The van der Waals surface area contributed by atoms with Crippen molar-refractivity contribution in [2.75, 3.05) is 13.1 Å². The number of hydrogen-bond donors (Lipinski definition) is 1. The maximum absolute atomic E-state index is 13.1. The van der Waals surface area contributed by atoms with E-state index in [1.165, 1.54) is 6.07 Å². The van der Waals surface area contributed by atoms with Gasteiger partial charge in [-0.25, -0.2) is 4.39 Å². The SMILES string of the molecule is Fc1cc(COC2CCNC2)ccc1Cl. The molecule has 1 aliphatic rings. The third-order valence-corrected chi connectivity index (χ3v) is 2.79. The van der Waals surface area contributed by atoms with Crippen LogP contribution < -0.4 is 5.32 Å². The van der Waals surface area contributed by atoms with Gasteiger partial charge in [0.1, 0.15) is 5.82 Å². The third kappa shape index (κ3) is 2.91. The van der Waals surface area contributed by atoms with Crippen molar-refractivity contribution in [3.63, 3.8) is 0 Å². The van der Waals surface area contributed by atoms with Crippen molar-refractivity contribution < 1.29 is 9.13 Å². The van der Waals surface area contributed by atoms with Crippen LogP contribution in [0.1, 0.15) is 12.0 Å². The lowest BCUT2D eigenvalue weighted by atomic mass is 10.2. The first-order valence-corrected chi connectivity index (χ1v) is 5.40. The van der Waals surface area contributed by atoms with Crippen LogP contribution in [0.15, 0.2) is 18.2 Å². The number of hydrogen-bond acceptors (Lipinski definition) is 2. The standard InChI is InChI=1S/C11H13ClFNO/c12-10-2-1-8(5-11(10)13)7-15-9-3-4-14-6-9/h1-2,5,9,14H,3-4,6-7H2. The Balaban J connectivity index is 1.90. The van der Waals surface area contributed by atoms with Crippen LogP contribution in [0.4, 0.5) is 4.39 Å². The normalized spacial score (nSPS) is 20.8. The van der Waals surface area contributed by atoms with E-state index in [-0.39, 0.29) is 16.9 Å². The molecule has 1 saturated heterocycles. The molecular formula is C11H13ClFNO. The zero-order chi connectivity index (χ0) is 10.7. The van der Waals surface area contributed by atoms with Crippen molar-refractivity contribution in [3.05, 3.63) is 34.6 Å². The van der Waals surface area contributed by atoms with Gasteiger partial charge in [-0.2, -0.15) is 0 Å². The number of halogens is 2. The lowest BCUT2D eigenvalue weighted by molar-refractivity contribution is 0.0541. The summed E-state index contributed by atoms with van der Waals surface area (Å²) < 4.78 is 18.7.